The van der Waals surface area contributed by atoms with Gasteiger partial charge in [0.05, 0.1) is 12.1 Å². The van der Waals surface area contributed by atoms with Crippen LogP contribution in [0.4, 0.5) is 27.1 Å². The summed E-state index contributed by atoms with van der Waals surface area (Å²) in [7, 11) is 0. The van der Waals surface area contributed by atoms with Crippen LogP contribution in [0.5, 0.6) is 0 Å². The molecule has 0 unspecified atom stereocenters. The number of aromatic nitrogens is 1. The van der Waals surface area contributed by atoms with Crippen molar-refractivity contribution in [2.75, 3.05) is 5.32 Å². The van der Waals surface area contributed by atoms with E-state index in [-0.39, 0.29) is 5.13 Å². The largest absolute Gasteiger partial charge is 0.302 e. The SMILES string of the molecule is Cc1nc(NC(=O)Cc2c(F)c(F)c(F)c(F)c2F)sc1C. The van der Waals surface area contributed by atoms with E-state index >= 15 is 0 Å². The zero-order valence-electron chi connectivity index (χ0n) is 11.4. The number of rotatable bonds is 3. The van der Waals surface area contributed by atoms with E-state index in [2.05, 4.69) is 10.3 Å². The van der Waals surface area contributed by atoms with Gasteiger partial charge < -0.3 is 5.32 Å². The lowest BCUT2D eigenvalue weighted by molar-refractivity contribution is -0.115. The molecule has 1 heterocycles. The molecule has 22 heavy (non-hydrogen) atoms. The molecule has 1 amide bonds. The van der Waals surface area contributed by atoms with Gasteiger partial charge in [-0.1, -0.05) is 0 Å². The van der Waals surface area contributed by atoms with Gasteiger partial charge >= 0.3 is 0 Å². The zero-order valence-corrected chi connectivity index (χ0v) is 12.2. The second-order valence-corrected chi connectivity index (χ2v) is 5.64. The summed E-state index contributed by atoms with van der Waals surface area (Å²) in [6, 6.07) is 0. The monoisotopic (exact) mass is 336 g/mol. The molecule has 0 aliphatic carbocycles. The van der Waals surface area contributed by atoms with Crippen LogP contribution in [0.1, 0.15) is 16.1 Å². The molecule has 1 N–H and O–H groups in total. The van der Waals surface area contributed by atoms with Crippen molar-refractivity contribution in [3.8, 4) is 0 Å². The van der Waals surface area contributed by atoms with Crippen LogP contribution in [-0.4, -0.2) is 10.9 Å². The predicted octanol–water partition coefficient (Wildman–Crippen LogP) is 3.64. The number of hydrogen-bond donors (Lipinski definition) is 1. The molecule has 0 radical (unpaired) electrons. The van der Waals surface area contributed by atoms with Crippen LogP contribution < -0.4 is 5.32 Å². The van der Waals surface area contributed by atoms with Gasteiger partial charge in [-0.3, -0.25) is 4.79 Å². The first-order valence-electron chi connectivity index (χ1n) is 5.96. The fraction of sp³-hybridized carbons (Fsp3) is 0.231. The van der Waals surface area contributed by atoms with Crippen molar-refractivity contribution in [2.24, 2.45) is 0 Å². The fourth-order valence-electron chi connectivity index (χ4n) is 1.66. The number of nitrogens with zero attached hydrogens (tertiary/aromatic N) is 1. The van der Waals surface area contributed by atoms with Gasteiger partial charge in [-0.05, 0) is 13.8 Å². The second kappa shape index (κ2) is 5.99. The molecule has 0 saturated heterocycles. The molecule has 9 heteroatoms. The molecule has 0 saturated carbocycles. The van der Waals surface area contributed by atoms with Gasteiger partial charge in [0.2, 0.25) is 11.7 Å². The van der Waals surface area contributed by atoms with Crippen LogP contribution in [-0.2, 0) is 11.2 Å². The summed E-state index contributed by atoms with van der Waals surface area (Å²) in [6.45, 7) is 3.46. The Labute approximate surface area is 125 Å². The minimum Gasteiger partial charge on any atom is -0.302 e. The fourth-order valence-corrected chi connectivity index (χ4v) is 2.49. The van der Waals surface area contributed by atoms with E-state index in [4.69, 9.17) is 0 Å². The van der Waals surface area contributed by atoms with Crippen molar-refractivity contribution in [3.05, 3.63) is 45.2 Å². The first-order chi connectivity index (χ1) is 10.2. The number of halogens is 5. The average Bonchev–Trinajstić information content (AvgIpc) is 2.77. The Morgan fingerprint density at radius 2 is 1.50 bits per heavy atom. The molecular formula is C13H9F5N2OS. The number of nitrogens with one attached hydrogen (secondary N) is 1. The van der Waals surface area contributed by atoms with Crippen LogP contribution >= 0.6 is 11.3 Å². The minimum atomic E-state index is -2.26. The van der Waals surface area contributed by atoms with E-state index in [1.165, 1.54) is 0 Å². The summed E-state index contributed by atoms with van der Waals surface area (Å²) in [4.78, 5) is 16.5. The normalized spacial score (nSPS) is 10.9. The van der Waals surface area contributed by atoms with Gasteiger partial charge in [-0.2, -0.15) is 0 Å². The van der Waals surface area contributed by atoms with Crippen LogP contribution in [0.25, 0.3) is 0 Å². The van der Waals surface area contributed by atoms with Gasteiger partial charge in [0.25, 0.3) is 0 Å². The van der Waals surface area contributed by atoms with Crippen molar-refractivity contribution in [3.63, 3.8) is 0 Å². The summed E-state index contributed by atoms with van der Waals surface area (Å²) in [5.41, 5.74) is -0.518. The van der Waals surface area contributed by atoms with Crippen molar-refractivity contribution < 1.29 is 26.7 Å². The summed E-state index contributed by atoms with van der Waals surface area (Å²) in [5.74, 6) is -11.4. The number of carbonyl (C=O) groups excluding carboxylic acids is 1. The quantitative estimate of drug-likeness (QED) is 0.528. The predicted molar refractivity (Wildman–Crippen MR) is 70.2 cm³/mol. The van der Waals surface area contributed by atoms with E-state index in [0.29, 0.717) is 5.69 Å². The minimum absolute atomic E-state index is 0.184. The molecule has 0 spiro atoms. The maximum absolute atomic E-state index is 13.5. The Kier molecular flexibility index (Phi) is 4.45. The average molecular weight is 336 g/mol. The van der Waals surface area contributed by atoms with Crippen molar-refractivity contribution in [1.82, 2.24) is 4.98 Å². The molecule has 0 fully saturated rings. The van der Waals surface area contributed by atoms with E-state index in [0.717, 1.165) is 16.2 Å². The Morgan fingerprint density at radius 3 is 1.95 bits per heavy atom. The standard InChI is InChI=1S/C13H9F5N2OS/c1-4-5(2)22-13(19-4)20-7(21)3-6-8(14)10(16)12(18)11(17)9(6)15/h3H2,1-2H3,(H,19,20,21). The van der Waals surface area contributed by atoms with Crippen LogP contribution in [0.3, 0.4) is 0 Å². The maximum Gasteiger partial charge on any atom is 0.230 e. The molecule has 0 aliphatic heterocycles. The van der Waals surface area contributed by atoms with Crippen molar-refractivity contribution >= 4 is 22.4 Å². The third-order valence-electron chi connectivity index (χ3n) is 2.91. The Hall–Kier alpha value is -2.03. The topological polar surface area (TPSA) is 42.0 Å². The first kappa shape index (κ1) is 16.3. The molecule has 0 atom stereocenters. The molecule has 1 aromatic carbocycles. The van der Waals surface area contributed by atoms with E-state index in [9.17, 15) is 26.7 Å². The molecule has 3 nitrogen and oxygen atoms in total. The highest BCUT2D eigenvalue weighted by atomic mass is 32.1. The Morgan fingerprint density at radius 1 is 1.00 bits per heavy atom. The number of thiazole rings is 1. The molecular weight excluding hydrogens is 327 g/mol. The molecule has 0 bridgehead atoms. The lowest BCUT2D eigenvalue weighted by atomic mass is 10.1. The number of amides is 1. The van der Waals surface area contributed by atoms with Gasteiger partial charge in [-0.15, -0.1) is 11.3 Å². The van der Waals surface area contributed by atoms with Gasteiger partial charge in [-0.25, -0.2) is 26.9 Å². The van der Waals surface area contributed by atoms with Crippen LogP contribution in [0, 0.1) is 42.9 Å². The van der Waals surface area contributed by atoms with Gasteiger partial charge in [0.1, 0.15) is 0 Å². The summed E-state index contributed by atoms with van der Waals surface area (Å²) in [6.07, 6.45) is -0.997. The lowest BCUT2D eigenvalue weighted by Crippen LogP contribution is -2.18. The van der Waals surface area contributed by atoms with Gasteiger partial charge in [0.15, 0.2) is 28.4 Å². The summed E-state index contributed by atoms with van der Waals surface area (Å²) < 4.78 is 65.9. The van der Waals surface area contributed by atoms with Crippen molar-refractivity contribution in [2.45, 2.75) is 20.3 Å². The molecule has 2 rings (SSSR count). The number of carbonyl (C=O) groups is 1. The summed E-state index contributed by atoms with van der Waals surface area (Å²) >= 11 is 1.13. The lowest BCUT2D eigenvalue weighted by Gasteiger charge is -2.07. The third-order valence-corrected chi connectivity index (χ3v) is 3.90. The van der Waals surface area contributed by atoms with E-state index in [1.54, 1.807) is 13.8 Å². The Bertz CT molecular complexity index is 711. The Balaban J connectivity index is 2.25. The number of aryl methyl sites for hydroxylation is 2. The van der Waals surface area contributed by atoms with E-state index in [1.807, 2.05) is 0 Å². The highest BCUT2D eigenvalue weighted by molar-refractivity contribution is 7.15. The van der Waals surface area contributed by atoms with Crippen LogP contribution in [0.15, 0.2) is 0 Å². The van der Waals surface area contributed by atoms with Crippen LogP contribution in [0.2, 0.25) is 0 Å². The third kappa shape index (κ3) is 2.94. The number of hydrogen-bond acceptors (Lipinski definition) is 3. The zero-order chi connectivity index (χ0) is 16.6. The summed E-state index contributed by atoms with van der Waals surface area (Å²) in [5, 5.41) is 2.44. The molecule has 2 aromatic rings. The highest BCUT2D eigenvalue weighted by Gasteiger charge is 2.27. The second-order valence-electron chi connectivity index (χ2n) is 4.43. The maximum atomic E-state index is 13.5. The van der Waals surface area contributed by atoms with Crippen molar-refractivity contribution in [1.29, 1.82) is 0 Å². The smallest absolute Gasteiger partial charge is 0.230 e. The molecule has 1 aromatic heterocycles. The van der Waals surface area contributed by atoms with E-state index < -0.39 is 47.0 Å². The number of anilines is 1. The molecule has 118 valence electrons. The highest BCUT2D eigenvalue weighted by Crippen LogP contribution is 2.25. The molecule has 0 aliphatic rings. The first-order valence-corrected chi connectivity index (χ1v) is 6.78. The number of benzene rings is 1. The van der Waals surface area contributed by atoms with Gasteiger partial charge in [0, 0.05) is 10.4 Å².